The highest BCUT2D eigenvalue weighted by Crippen LogP contribution is 2.23. The maximum atomic E-state index is 12.9. The van der Waals surface area contributed by atoms with Crippen molar-refractivity contribution in [3.8, 4) is 12.5 Å². The molecule has 2 N–H and O–H groups in total. The van der Waals surface area contributed by atoms with Crippen molar-refractivity contribution in [2.45, 2.75) is 66.2 Å². The molecule has 1 aromatic rings. The smallest absolute Gasteiger partial charge is 0.408 e. The van der Waals surface area contributed by atoms with Crippen LogP contribution in [0.15, 0.2) is 18.2 Å². The van der Waals surface area contributed by atoms with Crippen LogP contribution in [0.3, 0.4) is 0 Å². The molecule has 0 aromatic heterocycles. The number of nitrogens with zero attached hydrogens (tertiary/aromatic N) is 1. The van der Waals surface area contributed by atoms with Crippen LogP contribution >= 0.6 is 0 Å². The lowest BCUT2D eigenvalue weighted by molar-refractivity contribution is -0.136. The molecule has 7 nitrogen and oxygen atoms in total. The van der Waals surface area contributed by atoms with Gasteiger partial charge in [-0.1, -0.05) is 24.6 Å². The maximum Gasteiger partial charge on any atom is 0.408 e. The molecule has 0 aliphatic carbocycles. The fourth-order valence-corrected chi connectivity index (χ4v) is 2.55. The predicted molar refractivity (Wildman–Crippen MR) is 112 cm³/mol. The van der Waals surface area contributed by atoms with E-state index in [1.165, 1.54) is 0 Å². The number of benzene rings is 1. The molecular formula is C22H31N3O4. The number of hydrogen-bond donors (Lipinski definition) is 2. The molecule has 0 saturated carbocycles. The SMILES string of the molecule is C#CN(C(=O)CNC(=O)OC(C)(C)C)C(C(=O)NC(C)C)c1ccc(C)c(C)c1. The molecule has 0 saturated heterocycles. The third-order valence-corrected chi connectivity index (χ3v) is 3.97. The molecule has 0 aliphatic heterocycles. The van der Waals surface area contributed by atoms with Gasteiger partial charge in [-0.2, -0.15) is 0 Å². The Kier molecular flexibility index (Phi) is 8.26. The van der Waals surface area contributed by atoms with Gasteiger partial charge in [0.15, 0.2) is 0 Å². The van der Waals surface area contributed by atoms with Crippen LogP contribution in [0.5, 0.6) is 0 Å². The van der Waals surface area contributed by atoms with E-state index in [2.05, 4.69) is 16.7 Å². The molecule has 0 aliphatic rings. The number of terminal acetylenes is 1. The molecule has 1 unspecified atom stereocenters. The lowest BCUT2D eigenvalue weighted by Gasteiger charge is -2.28. The Morgan fingerprint density at radius 2 is 1.79 bits per heavy atom. The minimum atomic E-state index is -1.02. The van der Waals surface area contributed by atoms with Crippen LogP contribution in [-0.4, -0.2) is 41.0 Å². The summed E-state index contributed by atoms with van der Waals surface area (Å²) >= 11 is 0. The molecule has 0 bridgehead atoms. The van der Waals surface area contributed by atoms with Crippen LogP contribution < -0.4 is 10.6 Å². The van der Waals surface area contributed by atoms with E-state index in [1.54, 1.807) is 26.8 Å². The second-order valence-electron chi connectivity index (χ2n) is 8.16. The van der Waals surface area contributed by atoms with E-state index >= 15 is 0 Å². The van der Waals surface area contributed by atoms with E-state index in [0.717, 1.165) is 16.0 Å². The molecular weight excluding hydrogens is 370 g/mol. The van der Waals surface area contributed by atoms with Crippen LogP contribution in [-0.2, 0) is 14.3 Å². The highest BCUT2D eigenvalue weighted by atomic mass is 16.6. The van der Waals surface area contributed by atoms with Gasteiger partial charge in [0.1, 0.15) is 18.2 Å². The number of carbonyl (C=O) groups is 3. The van der Waals surface area contributed by atoms with Crippen molar-refractivity contribution in [2.24, 2.45) is 0 Å². The quantitative estimate of drug-likeness (QED) is 0.567. The van der Waals surface area contributed by atoms with E-state index in [-0.39, 0.29) is 6.04 Å². The van der Waals surface area contributed by atoms with Crippen LogP contribution in [0.1, 0.15) is 57.4 Å². The van der Waals surface area contributed by atoms with E-state index in [0.29, 0.717) is 5.56 Å². The molecule has 1 aromatic carbocycles. The Hall–Kier alpha value is -3.01. The van der Waals surface area contributed by atoms with Gasteiger partial charge in [-0.3, -0.25) is 14.5 Å². The van der Waals surface area contributed by atoms with Crippen LogP contribution in [0.4, 0.5) is 4.79 Å². The monoisotopic (exact) mass is 401 g/mol. The molecule has 0 heterocycles. The van der Waals surface area contributed by atoms with Crippen molar-refractivity contribution < 1.29 is 19.1 Å². The predicted octanol–water partition coefficient (Wildman–Crippen LogP) is 2.81. The number of alkyl carbamates (subject to hydrolysis) is 1. The van der Waals surface area contributed by atoms with E-state index in [9.17, 15) is 14.4 Å². The summed E-state index contributed by atoms with van der Waals surface area (Å²) < 4.78 is 5.12. The summed E-state index contributed by atoms with van der Waals surface area (Å²) in [6.45, 7) is 12.3. The second-order valence-corrected chi connectivity index (χ2v) is 8.16. The summed E-state index contributed by atoms with van der Waals surface area (Å²) in [4.78, 5) is 38.4. The Balaban J connectivity index is 3.11. The molecule has 0 spiro atoms. The standard InChI is InChI=1S/C22H31N3O4/c1-9-25(18(26)13-23-21(28)29-22(6,7)8)19(20(27)24-14(2)3)17-11-10-15(4)16(5)12-17/h1,10-12,14,19H,13H2,2-8H3,(H,23,28)(H,24,27). The lowest BCUT2D eigenvalue weighted by Crippen LogP contribution is -2.46. The number of ether oxygens (including phenoxy) is 1. The Bertz CT molecular complexity index is 803. The van der Waals surface area contributed by atoms with Crippen molar-refractivity contribution in [2.75, 3.05) is 6.54 Å². The van der Waals surface area contributed by atoms with Crippen molar-refractivity contribution in [1.29, 1.82) is 0 Å². The van der Waals surface area contributed by atoms with Crippen molar-refractivity contribution in [1.82, 2.24) is 15.5 Å². The highest BCUT2D eigenvalue weighted by Gasteiger charge is 2.31. The van der Waals surface area contributed by atoms with Crippen molar-refractivity contribution in [3.63, 3.8) is 0 Å². The first-order chi connectivity index (χ1) is 13.4. The first kappa shape index (κ1) is 24.0. The Morgan fingerprint density at radius 1 is 1.17 bits per heavy atom. The van der Waals surface area contributed by atoms with Gasteiger partial charge < -0.3 is 15.4 Å². The van der Waals surface area contributed by atoms with Gasteiger partial charge in [0, 0.05) is 12.1 Å². The van der Waals surface area contributed by atoms with Gasteiger partial charge in [0.2, 0.25) is 5.91 Å². The number of amides is 3. The number of aryl methyl sites for hydroxylation is 2. The van der Waals surface area contributed by atoms with Gasteiger partial charge in [0.25, 0.3) is 5.91 Å². The summed E-state index contributed by atoms with van der Waals surface area (Å²) in [5, 5.41) is 5.18. The maximum absolute atomic E-state index is 12.9. The molecule has 7 heteroatoms. The molecule has 158 valence electrons. The molecule has 1 rings (SSSR count). The normalized spacial score (nSPS) is 12.0. The minimum Gasteiger partial charge on any atom is -0.444 e. The van der Waals surface area contributed by atoms with Crippen LogP contribution in [0.25, 0.3) is 0 Å². The van der Waals surface area contributed by atoms with Gasteiger partial charge in [-0.05, 0) is 65.2 Å². The van der Waals surface area contributed by atoms with E-state index in [4.69, 9.17) is 11.2 Å². The summed E-state index contributed by atoms with van der Waals surface area (Å²) in [7, 11) is 0. The second kappa shape index (κ2) is 9.97. The van der Waals surface area contributed by atoms with Gasteiger partial charge >= 0.3 is 6.09 Å². The zero-order valence-corrected chi connectivity index (χ0v) is 18.3. The zero-order chi connectivity index (χ0) is 22.4. The Morgan fingerprint density at radius 3 is 2.28 bits per heavy atom. The van der Waals surface area contributed by atoms with E-state index in [1.807, 2.05) is 39.8 Å². The number of hydrogen-bond acceptors (Lipinski definition) is 4. The van der Waals surface area contributed by atoms with Crippen LogP contribution in [0.2, 0.25) is 0 Å². The number of nitrogens with one attached hydrogen (secondary N) is 2. The number of rotatable bonds is 6. The van der Waals surface area contributed by atoms with Gasteiger partial charge in [0.05, 0.1) is 0 Å². The first-order valence-corrected chi connectivity index (χ1v) is 9.48. The molecule has 3 amide bonds. The summed E-state index contributed by atoms with van der Waals surface area (Å²) in [5.74, 6) is -0.993. The highest BCUT2D eigenvalue weighted by molar-refractivity contribution is 5.91. The third kappa shape index (κ3) is 7.49. The van der Waals surface area contributed by atoms with Gasteiger partial charge in [-0.25, -0.2) is 4.79 Å². The third-order valence-electron chi connectivity index (χ3n) is 3.97. The summed E-state index contributed by atoms with van der Waals surface area (Å²) in [5.41, 5.74) is 1.93. The largest absolute Gasteiger partial charge is 0.444 e. The first-order valence-electron chi connectivity index (χ1n) is 9.48. The molecule has 29 heavy (non-hydrogen) atoms. The average Bonchev–Trinajstić information content (AvgIpc) is 2.57. The number of carbonyl (C=O) groups excluding carboxylic acids is 3. The molecule has 0 fully saturated rings. The van der Waals surface area contributed by atoms with Crippen LogP contribution in [0, 0.1) is 26.3 Å². The zero-order valence-electron chi connectivity index (χ0n) is 18.3. The lowest BCUT2D eigenvalue weighted by atomic mass is 9.99. The molecule has 0 radical (unpaired) electrons. The average molecular weight is 402 g/mol. The fraction of sp³-hybridized carbons (Fsp3) is 0.500. The Labute approximate surface area is 173 Å². The summed E-state index contributed by atoms with van der Waals surface area (Å²) in [6.07, 6.45) is 4.85. The topological polar surface area (TPSA) is 87.7 Å². The fourth-order valence-electron chi connectivity index (χ4n) is 2.55. The summed E-state index contributed by atoms with van der Waals surface area (Å²) in [6, 6.07) is 6.61. The van der Waals surface area contributed by atoms with E-state index < -0.39 is 36.1 Å². The van der Waals surface area contributed by atoms with Crippen molar-refractivity contribution in [3.05, 3.63) is 34.9 Å². The molecule has 1 atom stereocenters. The van der Waals surface area contributed by atoms with Crippen molar-refractivity contribution >= 4 is 17.9 Å². The minimum absolute atomic E-state index is 0.133. The van der Waals surface area contributed by atoms with Gasteiger partial charge in [-0.15, -0.1) is 0 Å².